The van der Waals surface area contributed by atoms with Gasteiger partial charge in [0.25, 0.3) is 11.5 Å². The Morgan fingerprint density at radius 2 is 1.97 bits per heavy atom. The molecule has 1 aliphatic carbocycles. The summed E-state index contributed by atoms with van der Waals surface area (Å²) in [4.78, 5) is 29.4. The van der Waals surface area contributed by atoms with Crippen LogP contribution in [-0.2, 0) is 23.0 Å². The van der Waals surface area contributed by atoms with E-state index in [-0.39, 0.29) is 28.9 Å². The number of hydrogen-bond acceptors (Lipinski definition) is 5. The number of H-pyrrole nitrogens is 1. The van der Waals surface area contributed by atoms with Crippen LogP contribution < -0.4 is 15.0 Å². The summed E-state index contributed by atoms with van der Waals surface area (Å²) < 4.78 is 64.0. The molecule has 0 atom stereocenters. The van der Waals surface area contributed by atoms with Crippen LogP contribution in [0, 0.1) is 11.6 Å². The number of fused-ring (bicyclic) bond motifs is 3. The summed E-state index contributed by atoms with van der Waals surface area (Å²) in [5.41, 5.74) is 0.857. The number of sulfonamides is 1. The van der Waals surface area contributed by atoms with Crippen LogP contribution in [0.4, 0.5) is 8.78 Å². The lowest BCUT2D eigenvalue weighted by molar-refractivity contribution is 0.0974. The van der Waals surface area contributed by atoms with E-state index in [9.17, 15) is 26.8 Å². The van der Waals surface area contributed by atoms with Gasteiger partial charge in [0.15, 0.2) is 0 Å². The number of carbonyl (C=O) groups is 1. The molecule has 0 bridgehead atoms. The van der Waals surface area contributed by atoms with Gasteiger partial charge in [-0.15, -0.1) is 0 Å². The summed E-state index contributed by atoms with van der Waals surface area (Å²) in [6.07, 6.45) is 3.80. The van der Waals surface area contributed by atoms with Gasteiger partial charge in [-0.05, 0) is 67.6 Å². The maximum Gasteiger partial charge on any atom is 0.282 e. The second-order valence-corrected chi connectivity index (χ2v) is 11.5. The normalized spacial score (nSPS) is 15.2. The predicted molar refractivity (Wildman–Crippen MR) is 137 cm³/mol. The molecule has 8 nitrogen and oxygen atoms in total. The fraction of sp³-hybridized carbons (Fsp3) is 0.259. The number of carbonyl (C=O) groups excluding carboxylic acids is 1. The number of hydrogen-bond donors (Lipinski definition) is 2. The minimum Gasteiger partial charge on any atom is -0.493 e. The smallest absolute Gasteiger partial charge is 0.282 e. The standard InChI is InChI=1S/C27H23F2N3O5S/c28-17-6-9-20(29)16(13-17)14-32-21-10-5-15-3-2-12-37-25(15)23(21)22(19-4-1-11-30-26(19)33)24(32)27(34)31-38(35,36)18-7-8-18/h1,4-6,9-11,13,18H,2-3,7-8,12,14H2,(H,30,33)(H,31,34). The van der Waals surface area contributed by atoms with Gasteiger partial charge in [-0.2, -0.15) is 0 Å². The number of aryl methyl sites for hydroxylation is 1. The Labute approximate surface area is 216 Å². The minimum atomic E-state index is -3.97. The molecule has 0 unspecified atom stereocenters. The van der Waals surface area contributed by atoms with Crippen LogP contribution in [0.5, 0.6) is 5.75 Å². The number of nitrogens with one attached hydrogen (secondary N) is 2. The maximum absolute atomic E-state index is 14.8. The summed E-state index contributed by atoms with van der Waals surface area (Å²) in [7, 11) is -3.97. The van der Waals surface area contributed by atoms with E-state index in [1.54, 1.807) is 12.1 Å². The largest absolute Gasteiger partial charge is 0.493 e. The van der Waals surface area contributed by atoms with E-state index in [1.807, 2.05) is 6.07 Å². The molecule has 1 amide bonds. The van der Waals surface area contributed by atoms with Gasteiger partial charge in [-0.3, -0.25) is 9.59 Å². The first kappa shape index (κ1) is 24.4. The number of amides is 1. The summed E-state index contributed by atoms with van der Waals surface area (Å²) in [6.45, 7) is 0.119. The van der Waals surface area contributed by atoms with E-state index in [0.717, 1.165) is 30.2 Å². The predicted octanol–water partition coefficient (Wildman–Crippen LogP) is 3.87. The minimum absolute atomic E-state index is 0.0480. The molecule has 0 radical (unpaired) electrons. The Bertz CT molecular complexity index is 1770. The lowest BCUT2D eigenvalue weighted by Gasteiger charge is -2.19. The molecule has 1 fully saturated rings. The summed E-state index contributed by atoms with van der Waals surface area (Å²) >= 11 is 0. The highest BCUT2D eigenvalue weighted by Crippen LogP contribution is 2.43. The summed E-state index contributed by atoms with van der Waals surface area (Å²) in [5, 5.41) is -0.241. The van der Waals surface area contributed by atoms with Crippen molar-refractivity contribution in [1.29, 1.82) is 0 Å². The lowest BCUT2D eigenvalue weighted by Crippen LogP contribution is -2.35. The molecule has 2 aromatic carbocycles. The van der Waals surface area contributed by atoms with Crippen molar-refractivity contribution in [2.45, 2.75) is 37.5 Å². The molecule has 4 aromatic rings. The highest BCUT2D eigenvalue weighted by Gasteiger charge is 2.39. The zero-order valence-electron chi connectivity index (χ0n) is 20.1. The highest BCUT2D eigenvalue weighted by molar-refractivity contribution is 7.91. The number of aromatic amines is 1. The molecular weight excluding hydrogens is 516 g/mol. The Balaban J connectivity index is 1.68. The maximum atomic E-state index is 14.8. The van der Waals surface area contributed by atoms with E-state index >= 15 is 0 Å². The van der Waals surface area contributed by atoms with Gasteiger partial charge in [-0.25, -0.2) is 21.9 Å². The number of ether oxygens (including phenoxy) is 1. The van der Waals surface area contributed by atoms with Gasteiger partial charge < -0.3 is 14.3 Å². The van der Waals surface area contributed by atoms with E-state index in [2.05, 4.69) is 9.71 Å². The van der Waals surface area contributed by atoms with Crippen LogP contribution >= 0.6 is 0 Å². The Kier molecular flexibility index (Phi) is 5.82. The summed E-state index contributed by atoms with van der Waals surface area (Å²) in [5.74, 6) is -1.85. The number of halogens is 2. The van der Waals surface area contributed by atoms with Gasteiger partial charge in [0.05, 0.1) is 34.9 Å². The van der Waals surface area contributed by atoms with E-state index in [4.69, 9.17) is 4.74 Å². The molecule has 2 N–H and O–H groups in total. The van der Waals surface area contributed by atoms with Gasteiger partial charge in [0.1, 0.15) is 23.1 Å². The number of pyridine rings is 1. The average molecular weight is 540 g/mol. The second-order valence-electron chi connectivity index (χ2n) is 9.53. The van der Waals surface area contributed by atoms with Crippen molar-refractivity contribution in [3.05, 3.63) is 87.5 Å². The number of nitrogens with zero attached hydrogens (tertiary/aromatic N) is 1. The first-order chi connectivity index (χ1) is 18.2. The first-order valence-electron chi connectivity index (χ1n) is 12.2. The fourth-order valence-corrected chi connectivity index (χ4v) is 6.29. The molecular formula is C27H23F2N3O5S. The van der Waals surface area contributed by atoms with Gasteiger partial charge in [-0.1, -0.05) is 6.07 Å². The van der Waals surface area contributed by atoms with Crippen LogP contribution in [-0.4, -0.2) is 35.7 Å². The second kappa shape index (κ2) is 9.09. The monoisotopic (exact) mass is 539 g/mol. The lowest BCUT2D eigenvalue weighted by atomic mass is 9.97. The van der Waals surface area contributed by atoms with E-state index < -0.39 is 38.4 Å². The molecule has 2 aromatic heterocycles. The Morgan fingerprint density at radius 1 is 1.16 bits per heavy atom. The molecule has 3 heterocycles. The molecule has 11 heteroatoms. The third-order valence-corrected chi connectivity index (χ3v) is 8.76. The zero-order valence-corrected chi connectivity index (χ0v) is 20.9. The van der Waals surface area contributed by atoms with Crippen LogP contribution in [0.1, 0.15) is 40.9 Å². The van der Waals surface area contributed by atoms with Gasteiger partial charge in [0, 0.05) is 17.3 Å². The van der Waals surface area contributed by atoms with Gasteiger partial charge in [0.2, 0.25) is 10.0 Å². The molecule has 196 valence electrons. The first-order valence-corrected chi connectivity index (χ1v) is 13.8. The number of benzene rings is 2. The molecule has 6 rings (SSSR count). The molecule has 0 spiro atoms. The fourth-order valence-electron chi connectivity index (χ4n) is 5.01. The Hall–Kier alpha value is -3.99. The van der Waals surface area contributed by atoms with E-state index in [1.165, 1.54) is 16.8 Å². The quantitative estimate of drug-likeness (QED) is 0.387. The SMILES string of the molecule is O=C(NS(=O)(=O)C1CC1)c1c(-c2ccc[nH]c2=O)c2c3c(ccc2n1Cc1cc(F)ccc1F)CCCO3. The third kappa shape index (κ3) is 4.16. The van der Waals surface area contributed by atoms with Gasteiger partial charge >= 0.3 is 0 Å². The van der Waals surface area contributed by atoms with Crippen molar-refractivity contribution in [2.24, 2.45) is 0 Å². The molecule has 1 saturated carbocycles. The van der Waals surface area contributed by atoms with Crippen molar-refractivity contribution in [3.8, 4) is 16.9 Å². The van der Waals surface area contributed by atoms with Crippen LogP contribution in [0.2, 0.25) is 0 Å². The number of aromatic nitrogens is 2. The van der Waals surface area contributed by atoms with Crippen LogP contribution in [0.3, 0.4) is 0 Å². The van der Waals surface area contributed by atoms with Crippen molar-refractivity contribution < 1.29 is 26.7 Å². The summed E-state index contributed by atoms with van der Waals surface area (Å²) in [6, 6.07) is 9.67. The molecule has 38 heavy (non-hydrogen) atoms. The van der Waals surface area contributed by atoms with Crippen LogP contribution in [0.25, 0.3) is 22.0 Å². The Morgan fingerprint density at radius 3 is 2.74 bits per heavy atom. The highest BCUT2D eigenvalue weighted by atomic mass is 32.2. The van der Waals surface area contributed by atoms with Crippen molar-refractivity contribution in [2.75, 3.05) is 6.61 Å². The molecule has 0 saturated heterocycles. The number of rotatable bonds is 6. The zero-order chi connectivity index (χ0) is 26.6. The van der Waals surface area contributed by atoms with E-state index in [0.29, 0.717) is 42.5 Å². The third-order valence-electron chi connectivity index (χ3n) is 6.94. The average Bonchev–Trinajstić information content (AvgIpc) is 3.70. The topological polar surface area (TPSA) is 110 Å². The molecule has 2 aliphatic rings. The van der Waals surface area contributed by atoms with Crippen molar-refractivity contribution in [3.63, 3.8) is 0 Å². The van der Waals surface area contributed by atoms with Crippen molar-refractivity contribution >= 4 is 26.8 Å². The van der Waals surface area contributed by atoms with Crippen LogP contribution in [0.15, 0.2) is 53.5 Å². The molecule has 1 aliphatic heterocycles. The van der Waals surface area contributed by atoms with Crippen molar-refractivity contribution in [1.82, 2.24) is 14.3 Å².